The first-order chi connectivity index (χ1) is 14.2. The van der Waals surface area contributed by atoms with Crippen molar-refractivity contribution in [2.24, 2.45) is 10.7 Å². The number of aliphatic imine (C=N–C) groups is 1. The molecule has 1 aromatic carbocycles. The van der Waals surface area contributed by atoms with Crippen molar-refractivity contribution in [3.63, 3.8) is 0 Å². The molecular weight excluding hydrogens is 535 g/mol. The fourth-order valence-corrected chi connectivity index (χ4v) is 4.71. The summed E-state index contributed by atoms with van der Waals surface area (Å²) in [5.74, 6) is 0.615. The Labute approximate surface area is 203 Å². The highest BCUT2D eigenvalue weighted by Crippen LogP contribution is 2.25. The smallest absolute Gasteiger partial charge is 0.191 e. The van der Waals surface area contributed by atoms with E-state index in [9.17, 15) is 0 Å². The lowest BCUT2D eigenvalue weighted by Crippen LogP contribution is -2.51. The van der Waals surface area contributed by atoms with Gasteiger partial charge >= 0.3 is 0 Å². The molecule has 2 aliphatic rings. The van der Waals surface area contributed by atoms with E-state index in [4.69, 9.17) is 27.1 Å². The number of anilines is 1. The lowest BCUT2D eigenvalue weighted by molar-refractivity contribution is 0.0179. The second-order valence-electron chi connectivity index (χ2n) is 7.21. The van der Waals surface area contributed by atoms with Crippen molar-refractivity contribution in [2.75, 3.05) is 63.9 Å². The summed E-state index contributed by atoms with van der Waals surface area (Å²) in [6, 6.07) is 8.19. The monoisotopic (exact) mass is 562 g/mol. The number of piperazine rings is 1. The third-order valence-electron chi connectivity index (χ3n) is 5.44. The van der Waals surface area contributed by atoms with E-state index in [1.54, 1.807) is 11.3 Å². The Bertz CT molecular complexity index is 809. The number of hydrogen-bond acceptors (Lipinski definition) is 6. The SMILES string of the molecule is I.NC(=NCC(c1cccc(Cl)c1)N1CCOCC1)N1CCN(c2nccs2)CC1. The van der Waals surface area contributed by atoms with E-state index >= 15 is 0 Å². The number of halogens is 2. The van der Waals surface area contributed by atoms with Crippen molar-refractivity contribution in [2.45, 2.75) is 6.04 Å². The summed E-state index contributed by atoms with van der Waals surface area (Å²) in [7, 11) is 0. The molecule has 2 aromatic rings. The summed E-state index contributed by atoms with van der Waals surface area (Å²) in [6.45, 7) is 7.40. The van der Waals surface area contributed by atoms with Gasteiger partial charge in [0.15, 0.2) is 11.1 Å². The molecule has 4 rings (SSSR count). The van der Waals surface area contributed by atoms with Crippen LogP contribution in [0.4, 0.5) is 5.13 Å². The fraction of sp³-hybridized carbons (Fsp3) is 0.500. The average Bonchev–Trinajstić information content (AvgIpc) is 3.30. The Morgan fingerprint density at radius 2 is 1.97 bits per heavy atom. The maximum absolute atomic E-state index is 6.37. The van der Waals surface area contributed by atoms with E-state index < -0.39 is 0 Å². The van der Waals surface area contributed by atoms with Gasteiger partial charge in [0, 0.05) is 55.9 Å². The lowest BCUT2D eigenvalue weighted by Gasteiger charge is -2.36. The van der Waals surface area contributed by atoms with Crippen molar-refractivity contribution in [3.8, 4) is 0 Å². The van der Waals surface area contributed by atoms with Gasteiger partial charge < -0.3 is 20.3 Å². The van der Waals surface area contributed by atoms with Crippen LogP contribution in [0.2, 0.25) is 5.02 Å². The summed E-state index contributed by atoms with van der Waals surface area (Å²) < 4.78 is 5.53. The topological polar surface area (TPSA) is 70.2 Å². The molecule has 0 radical (unpaired) electrons. The standard InChI is InChI=1S/C20H27ClN6OS.HI/c21-17-3-1-2-16(14-17)18(25-9-11-28-12-10-25)15-24-19(22)26-5-7-27(8-6-26)20-23-4-13-29-20;/h1-4,13-14,18H,5-12,15H2,(H2,22,24);1H. The first-order valence-corrected chi connectivity index (χ1v) is 11.2. The van der Waals surface area contributed by atoms with Crippen LogP contribution in [0.3, 0.4) is 0 Å². The largest absolute Gasteiger partial charge is 0.379 e. The maximum Gasteiger partial charge on any atom is 0.191 e. The number of rotatable bonds is 5. The van der Waals surface area contributed by atoms with Gasteiger partial charge in [0.2, 0.25) is 0 Å². The van der Waals surface area contributed by atoms with E-state index in [0.717, 1.165) is 62.6 Å². The molecule has 2 saturated heterocycles. The van der Waals surface area contributed by atoms with Gasteiger partial charge in [-0.3, -0.25) is 9.89 Å². The average molecular weight is 563 g/mol. The molecule has 1 aromatic heterocycles. The first-order valence-electron chi connectivity index (χ1n) is 9.97. The second-order valence-corrected chi connectivity index (χ2v) is 8.52. The Balaban J connectivity index is 0.00000256. The van der Waals surface area contributed by atoms with Crippen LogP contribution in [0, 0.1) is 0 Å². The summed E-state index contributed by atoms with van der Waals surface area (Å²) in [5.41, 5.74) is 7.54. The quantitative estimate of drug-likeness (QED) is 0.343. The third-order valence-corrected chi connectivity index (χ3v) is 6.51. The minimum absolute atomic E-state index is 0. The molecule has 0 amide bonds. The van der Waals surface area contributed by atoms with Crippen LogP contribution >= 0.6 is 46.9 Å². The van der Waals surface area contributed by atoms with Crippen molar-refractivity contribution < 1.29 is 4.74 Å². The van der Waals surface area contributed by atoms with Gasteiger partial charge in [-0.1, -0.05) is 23.7 Å². The molecule has 30 heavy (non-hydrogen) atoms. The zero-order chi connectivity index (χ0) is 20.1. The summed E-state index contributed by atoms with van der Waals surface area (Å²) in [4.78, 5) is 16.1. The Morgan fingerprint density at radius 3 is 2.63 bits per heavy atom. The Morgan fingerprint density at radius 1 is 1.20 bits per heavy atom. The van der Waals surface area contributed by atoms with Gasteiger partial charge in [-0.2, -0.15) is 0 Å². The van der Waals surface area contributed by atoms with Crippen molar-refractivity contribution in [3.05, 3.63) is 46.4 Å². The number of nitrogens with two attached hydrogens (primary N) is 1. The van der Waals surface area contributed by atoms with Crippen LogP contribution in [0.5, 0.6) is 0 Å². The molecule has 0 aliphatic carbocycles. The zero-order valence-electron chi connectivity index (χ0n) is 16.8. The van der Waals surface area contributed by atoms with Crippen molar-refractivity contribution in [1.29, 1.82) is 0 Å². The number of morpholine rings is 1. The number of guanidine groups is 1. The number of thiazole rings is 1. The summed E-state index contributed by atoms with van der Waals surface area (Å²) in [5, 5.41) is 3.84. The second kappa shape index (κ2) is 11.5. The van der Waals surface area contributed by atoms with Crippen LogP contribution in [0.15, 0.2) is 40.8 Å². The highest BCUT2D eigenvalue weighted by atomic mass is 127. The van der Waals surface area contributed by atoms with Crippen molar-refractivity contribution in [1.82, 2.24) is 14.8 Å². The van der Waals surface area contributed by atoms with Crippen LogP contribution in [-0.2, 0) is 4.74 Å². The number of ether oxygens (including phenoxy) is 1. The first kappa shape index (κ1) is 23.5. The van der Waals surface area contributed by atoms with E-state index in [1.165, 1.54) is 5.56 Å². The van der Waals surface area contributed by atoms with Gasteiger partial charge in [0.05, 0.1) is 25.8 Å². The number of benzene rings is 1. The predicted octanol–water partition coefficient (Wildman–Crippen LogP) is 2.92. The minimum atomic E-state index is 0. The van der Waals surface area contributed by atoms with E-state index in [-0.39, 0.29) is 30.0 Å². The lowest BCUT2D eigenvalue weighted by atomic mass is 10.0. The van der Waals surface area contributed by atoms with E-state index in [1.807, 2.05) is 29.8 Å². The number of hydrogen-bond donors (Lipinski definition) is 1. The van der Waals surface area contributed by atoms with Gasteiger partial charge in [-0.25, -0.2) is 4.98 Å². The molecule has 0 bridgehead atoms. The molecule has 10 heteroatoms. The maximum atomic E-state index is 6.37. The highest BCUT2D eigenvalue weighted by molar-refractivity contribution is 14.0. The normalized spacial score (nSPS) is 19.4. The molecule has 3 heterocycles. The molecule has 0 spiro atoms. The predicted molar refractivity (Wildman–Crippen MR) is 134 cm³/mol. The number of aromatic nitrogens is 1. The van der Waals surface area contributed by atoms with E-state index in [0.29, 0.717) is 12.5 Å². The molecule has 1 unspecified atom stereocenters. The highest BCUT2D eigenvalue weighted by Gasteiger charge is 2.24. The summed E-state index contributed by atoms with van der Waals surface area (Å²) >= 11 is 7.92. The van der Waals surface area contributed by atoms with Crippen molar-refractivity contribution >= 4 is 58.0 Å². The molecule has 2 fully saturated rings. The molecular formula is C20H28ClIN6OS. The molecule has 1 atom stereocenters. The Hall–Kier alpha value is -1.14. The molecule has 7 nitrogen and oxygen atoms in total. The minimum Gasteiger partial charge on any atom is -0.379 e. The molecule has 2 N–H and O–H groups in total. The van der Waals surface area contributed by atoms with Gasteiger partial charge in [-0.15, -0.1) is 35.3 Å². The fourth-order valence-electron chi connectivity index (χ4n) is 3.81. The van der Waals surface area contributed by atoms with Crippen LogP contribution in [0.1, 0.15) is 11.6 Å². The van der Waals surface area contributed by atoms with E-state index in [2.05, 4.69) is 25.8 Å². The molecule has 164 valence electrons. The zero-order valence-corrected chi connectivity index (χ0v) is 20.7. The third kappa shape index (κ3) is 5.97. The number of nitrogens with zero attached hydrogens (tertiary/aromatic N) is 5. The Kier molecular flexibility index (Phi) is 8.99. The molecule has 2 aliphatic heterocycles. The van der Waals surface area contributed by atoms with Crippen LogP contribution < -0.4 is 10.6 Å². The molecule has 0 saturated carbocycles. The van der Waals surface area contributed by atoms with Gasteiger partial charge in [-0.05, 0) is 17.7 Å². The van der Waals surface area contributed by atoms with Crippen LogP contribution in [-0.4, -0.2) is 79.8 Å². The van der Waals surface area contributed by atoms with Crippen LogP contribution in [0.25, 0.3) is 0 Å². The summed E-state index contributed by atoms with van der Waals surface area (Å²) in [6.07, 6.45) is 1.85. The van der Waals surface area contributed by atoms with Gasteiger partial charge in [0.1, 0.15) is 0 Å². The van der Waals surface area contributed by atoms with Gasteiger partial charge in [0.25, 0.3) is 0 Å².